The number of aryl methyl sites for hydroxylation is 1. The highest BCUT2D eigenvalue weighted by Gasteiger charge is 2.10. The molecule has 0 N–H and O–H groups in total. The van der Waals surface area contributed by atoms with Gasteiger partial charge in [0, 0.05) is 7.11 Å². The maximum atomic E-state index is 5.38. The van der Waals surface area contributed by atoms with Crippen LogP contribution in [0.1, 0.15) is 25.0 Å². The molecule has 0 amide bonds. The lowest BCUT2D eigenvalue weighted by Gasteiger charge is -2.17. The van der Waals surface area contributed by atoms with Gasteiger partial charge in [0.2, 0.25) is 0 Å². The van der Waals surface area contributed by atoms with Gasteiger partial charge in [0.25, 0.3) is 0 Å². The van der Waals surface area contributed by atoms with Gasteiger partial charge in [0.1, 0.15) is 0 Å². The second kappa shape index (κ2) is 6.06. The summed E-state index contributed by atoms with van der Waals surface area (Å²) in [6.45, 7) is 6.24. The van der Waals surface area contributed by atoms with Crippen LogP contribution in [-0.2, 0) is 4.74 Å². The van der Waals surface area contributed by atoms with Gasteiger partial charge in [0.15, 0.2) is 0 Å². The lowest BCUT2D eigenvalue weighted by Crippen LogP contribution is -2.18. The largest absolute Gasteiger partial charge is 0.375 e. The minimum Gasteiger partial charge on any atom is -0.375 e. The average Bonchev–Trinajstić information content (AvgIpc) is 2.46. The number of hydrogen-bond donors (Lipinski definition) is 0. The minimum atomic E-state index is -0.227. The van der Waals surface area contributed by atoms with Crippen molar-refractivity contribution < 1.29 is 4.74 Å². The van der Waals surface area contributed by atoms with Gasteiger partial charge in [-0.15, -0.1) is 0 Å². The molecule has 0 aliphatic rings. The van der Waals surface area contributed by atoms with Gasteiger partial charge in [-0.3, -0.25) is 0 Å². The molecule has 1 nitrogen and oxygen atoms in total. The molecule has 0 aromatic heterocycles. The summed E-state index contributed by atoms with van der Waals surface area (Å²) in [6.07, 6.45) is 4.18. The topological polar surface area (TPSA) is 9.23 Å². The van der Waals surface area contributed by atoms with E-state index in [1.54, 1.807) is 7.11 Å². The molecule has 0 atom stereocenters. The van der Waals surface area contributed by atoms with Crippen LogP contribution in [0.25, 0.3) is 17.2 Å². The van der Waals surface area contributed by atoms with Crippen molar-refractivity contribution in [1.82, 2.24) is 0 Å². The molecule has 20 heavy (non-hydrogen) atoms. The molecule has 0 saturated carbocycles. The third kappa shape index (κ3) is 3.58. The molecule has 2 aromatic rings. The maximum absolute atomic E-state index is 5.38. The Balaban J connectivity index is 2.21. The summed E-state index contributed by atoms with van der Waals surface area (Å²) in [5.74, 6) is 0. The lowest BCUT2D eigenvalue weighted by molar-refractivity contribution is 0.0663. The van der Waals surface area contributed by atoms with E-state index in [0.29, 0.717) is 0 Å². The van der Waals surface area contributed by atoms with Crippen LogP contribution in [0.3, 0.4) is 0 Å². The second-order valence-corrected chi connectivity index (χ2v) is 5.58. The first kappa shape index (κ1) is 14.5. The van der Waals surface area contributed by atoms with Crippen molar-refractivity contribution in [2.24, 2.45) is 0 Å². The van der Waals surface area contributed by atoms with Crippen LogP contribution in [0, 0.1) is 6.92 Å². The number of hydrogen-bond acceptors (Lipinski definition) is 1. The van der Waals surface area contributed by atoms with Crippen LogP contribution < -0.4 is 0 Å². The molecule has 0 radical (unpaired) electrons. The lowest BCUT2D eigenvalue weighted by atomic mass is 9.99. The average molecular weight is 266 g/mol. The van der Waals surface area contributed by atoms with Crippen LogP contribution in [0.15, 0.2) is 54.6 Å². The fourth-order valence-electron chi connectivity index (χ4n) is 2.04. The second-order valence-electron chi connectivity index (χ2n) is 5.58. The smallest absolute Gasteiger partial charge is 0.0805 e. The molecular weight excluding hydrogens is 244 g/mol. The van der Waals surface area contributed by atoms with Gasteiger partial charge in [0.05, 0.1) is 5.60 Å². The van der Waals surface area contributed by atoms with Crippen molar-refractivity contribution in [2.75, 3.05) is 7.11 Å². The first-order chi connectivity index (χ1) is 9.52. The maximum Gasteiger partial charge on any atom is 0.0805 e. The fourth-order valence-corrected chi connectivity index (χ4v) is 2.04. The molecule has 104 valence electrons. The standard InChI is InChI=1S/C19H22O/c1-15-7-5-6-8-18(15)17-11-9-16(10-12-17)13-14-19(2,3)20-4/h5-14H,1-4H3/b14-13+. The van der Waals surface area contributed by atoms with E-state index in [1.807, 2.05) is 13.8 Å². The highest BCUT2D eigenvalue weighted by atomic mass is 16.5. The Morgan fingerprint density at radius 3 is 2.20 bits per heavy atom. The minimum absolute atomic E-state index is 0.227. The molecule has 1 heteroatoms. The molecular formula is C19H22O. The zero-order chi connectivity index (χ0) is 14.6. The van der Waals surface area contributed by atoms with E-state index >= 15 is 0 Å². The van der Waals surface area contributed by atoms with Gasteiger partial charge in [-0.2, -0.15) is 0 Å². The summed E-state index contributed by atoms with van der Waals surface area (Å²) in [7, 11) is 1.73. The summed E-state index contributed by atoms with van der Waals surface area (Å²) in [5, 5.41) is 0. The van der Waals surface area contributed by atoms with E-state index in [1.165, 1.54) is 22.3 Å². The van der Waals surface area contributed by atoms with Crippen LogP contribution in [0.5, 0.6) is 0 Å². The van der Waals surface area contributed by atoms with E-state index in [2.05, 4.69) is 67.6 Å². The predicted molar refractivity (Wildman–Crippen MR) is 86.7 cm³/mol. The van der Waals surface area contributed by atoms with Crippen molar-refractivity contribution in [2.45, 2.75) is 26.4 Å². The predicted octanol–water partition coefficient (Wildman–Crippen LogP) is 5.10. The molecule has 0 heterocycles. The number of ether oxygens (including phenoxy) is 1. The van der Waals surface area contributed by atoms with Crippen LogP contribution in [0.4, 0.5) is 0 Å². The van der Waals surface area contributed by atoms with E-state index in [9.17, 15) is 0 Å². The molecule has 0 aliphatic heterocycles. The van der Waals surface area contributed by atoms with Crippen molar-refractivity contribution in [3.8, 4) is 11.1 Å². The molecule has 0 spiro atoms. The summed E-state index contributed by atoms with van der Waals surface area (Å²) in [6, 6.07) is 17.1. The Kier molecular flexibility index (Phi) is 4.41. The number of methoxy groups -OCH3 is 1. The Bertz CT molecular complexity index is 591. The molecule has 0 unspecified atom stereocenters. The highest BCUT2D eigenvalue weighted by molar-refractivity contribution is 5.68. The van der Waals surface area contributed by atoms with Gasteiger partial charge >= 0.3 is 0 Å². The van der Waals surface area contributed by atoms with Gasteiger partial charge in [-0.1, -0.05) is 60.7 Å². The third-order valence-corrected chi connectivity index (χ3v) is 3.57. The molecule has 0 fully saturated rings. The quantitative estimate of drug-likeness (QED) is 0.748. The zero-order valence-electron chi connectivity index (χ0n) is 12.7. The van der Waals surface area contributed by atoms with Crippen LogP contribution in [0.2, 0.25) is 0 Å². The Morgan fingerprint density at radius 2 is 1.60 bits per heavy atom. The number of benzene rings is 2. The summed E-state index contributed by atoms with van der Waals surface area (Å²) in [5.41, 5.74) is 4.81. The Labute approximate surface area is 121 Å². The first-order valence-corrected chi connectivity index (χ1v) is 6.92. The van der Waals surface area contributed by atoms with Crippen molar-refractivity contribution in [3.05, 3.63) is 65.7 Å². The third-order valence-electron chi connectivity index (χ3n) is 3.57. The van der Waals surface area contributed by atoms with Crippen LogP contribution in [-0.4, -0.2) is 12.7 Å². The molecule has 0 bridgehead atoms. The van der Waals surface area contributed by atoms with E-state index < -0.39 is 0 Å². The molecule has 2 rings (SSSR count). The van der Waals surface area contributed by atoms with E-state index in [-0.39, 0.29) is 5.60 Å². The Hall–Kier alpha value is -1.86. The van der Waals surface area contributed by atoms with Crippen molar-refractivity contribution in [1.29, 1.82) is 0 Å². The number of rotatable bonds is 4. The summed E-state index contributed by atoms with van der Waals surface area (Å²) < 4.78 is 5.38. The van der Waals surface area contributed by atoms with Gasteiger partial charge in [-0.25, -0.2) is 0 Å². The molecule has 0 aliphatic carbocycles. The zero-order valence-corrected chi connectivity index (χ0v) is 12.7. The van der Waals surface area contributed by atoms with Crippen molar-refractivity contribution in [3.63, 3.8) is 0 Å². The van der Waals surface area contributed by atoms with Crippen LogP contribution >= 0.6 is 0 Å². The summed E-state index contributed by atoms with van der Waals surface area (Å²) >= 11 is 0. The fraction of sp³-hybridized carbons (Fsp3) is 0.263. The van der Waals surface area contributed by atoms with E-state index in [0.717, 1.165) is 0 Å². The van der Waals surface area contributed by atoms with Gasteiger partial charge in [-0.05, 0) is 43.0 Å². The van der Waals surface area contributed by atoms with Gasteiger partial charge < -0.3 is 4.74 Å². The monoisotopic (exact) mass is 266 g/mol. The molecule has 2 aromatic carbocycles. The molecule has 0 saturated heterocycles. The van der Waals surface area contributed by atoms with Crippen molar-refractivity contribution >= 4 is 6.08 Å². The SMILES string of the molecule is COC(C)(C)/C=C/c1ccc(-c2ccccc2C)cc1. The Morgan fingerprint density at radius 1 is 0.950 bits per heavy atom. The first-order valence-electron chi connectivity index (χ1n) is 6.92. The summed E-state index contributed by atoms with van der Waals surface area (Å²) in [4.78, 5) is 0. The normalized spacial score (nSPS) is 12.0. The highest BCUT2D eigenvalue weighted by Crippen LogP contribution is 2.23. The van der Waals surface area contributed by atoms with E-state index in [4.69, 9.17) is 4.74 Å².